The van der Waals surface area contributed by atoms with Crippen LogP contribution in [0.3, 0.4) is 0 Å². The zero-order valence-corrected chi connectivity index (χ0v) is 11.6. The minimum Gasteiger partial charge on any atom is -0.271 e. The lowest BCUT2D eigenvalue weighted by Crippen LogP contribution is -2.31. The van der Waals surface area contributed by atoms with Crippen molar-refractivity contribution in [2.24, 2.45) is 22.6 Å². The summed E-state index contributed by atoms with van der Waals surface area (Å²) in [7, 11) is 0. The summed E-state index contributed by atoms with van der Waals surface area (Å²) in [6.07, 6.45) is 0. The van der Waals surface area contributed by atoms with Crippen molar-refractivity contribution in [3.8, 4) is 0 Å². The van der Waals surface area contributed by atoms with Gasteiger partial charge >= 0.3 is 0 Å². The molecule has 0 spiro atoms. The molecule has 16 heavy (non-hydrogen) atoms. The third-order valence-electron chi connectivity index (χ3n) is 4.88. The van der Waals surface area contributed by atoms with E-state index in [2.05, 4.69) is 51.5 Å². The fourth-order valence-corrected chi connectivity index (χ4v) is 3.91. The average molecular weight is 238 g/mol. The molecule has 1 saturated carbocycles. The zero-order chi connectivity index (χ0) is 12.1. The molecule has 0 amide bonds. The molecule has 1 aliphatic carbocycles. The van der Waals surface area contributed by atoms with Crippen molar-refractivity contribution >= 4 is 11.3 Å². The molecule has 0 bridgehead atoms. The van der Waals surface area contributed by atoms with E-state index in [1.54, 1.807) is 11.3 Å². The summed E-state index contributed by atoms with van der Waals surface area (Å²) < 4.78 is 0. The molecule has 0 aliphatic heterocycles. The van der Waals surface area contributed by atoms with Crippen LogP contribution in [0.4, 0.5) is 0 Å². The molecule has 0 radical (unpaired) electrons. The summed E-state index contributed by atoms with van der Waals surface area (Å²) in [5, 5.41) is 2.15. The first kappa shape index (κ1) is 12.1. The minimum atomic E-state index is 0.288. The van der Waals surface area contributed by atoms with Gasteiger partial charge in [0.25, 0.3) is 0 Å². The maximum absolute atomic E-state index is 5.77. The second-order valence-electron chi connectivity index (χ2n) is 6.00. The lowest BCUT2D eigenvalue weighted by Gasteiger charge is -2.18. The number of nitrogens with two attached hydrogens (primary N) is 1. The second kappa shape index (κ2) is 3.56. The number of nitrogens with one attached hydrogen (secondary N) is 1. The molecule has 0 saturated heterocycles. The van der Waals surface area contributed by atoms with E-state index < -0.39 is 0 Å². The summed E-state index contributed by atoms with van der Waals surface area (Å²) >= 11 is 1.80. The molecular weight excluding hydrogens is 216 g/mol. The summed E-state index contributed by atoms with van der Waals surface area (Å²) in [6, 6.07) is 2.49. The molecule has 1 aliphatic rings. The van der Waals surface area contributed by atoms with E-state index in [0.717, 1.165) is 0 Å². The molecule has 2 rings (SSSR count). The highest BCUT2D eigenvalue weighted by atomic mass is 32.1. The van der Waals surface area contributed by atoms with Crippen LogP contribution >= 0.6 is 11.3 Å². The van der Waals surface area contributed by atoms with Gasteiger partial charge in [-0.05, 0) is 40.7 Å². The standard InChI is InChI=1S/C13H22N2S/c1-8-9(6-7-16-8)10(15-14)11-12(2,3)13(11,4)5/h6-7,10-11,15H,14H2,1-5H3. The molecule has 1 unspecified atom stereocenters. The van der Waals surface area contributed by atoms with Gasteiger partial charge in [-0.1, -0.05) is 27.7 Å². The number of hydrogen-bond donors (Lipinski definition) is 2. The smallest absolute Gasteiger partial charge is 0.0509 e. The van der Waals surface area contributed by atoms with E-state index in [1.807, 2.05) is 0 Å². The van der Waals surface area contributed by atoms with Crippen LogP contribution < -0.4 is 11.3 Å². The topological polar surface area (TPSA) is 38.0 Å². The van der Waals surface area contributed by atoms with Gasteiger partial charge in [0.15, 0.2) is 0 Å². The van der Waals surface area contributed by atoms with Crippen molar-refractivity contribution in [1.82, 2.24) is 5.43 Å². The average Bonchev–Trinajstić information content (AvgIpc) is 2.54. The molecule has 0 aromatic carbocycles. The molecule has 90 valence electrons. The third-order valence-corrected chi connectivity index (χ3v) is 5.74. The fraction of sp³-hybridized carbons (Fsp3) is 0.692. The van der Waals surface area contributed by atoms with Crippen molar-refractivity contribution in [2.45, 2.75) is 40.7 Å². The van der Waals surface area contributed by atoms with Crippen LogP contribution in [-0.4, -0.2) is 0 Å². The van der Waals surface area contributed by atoms with E-state index in [9.17, 15) is 0 Å². The van der Waals surface area contributed by atoms with Crippen LogP contribution in [0.25, 0.3) is 0 Å². The highest BCUT2D eigenvalue weighted by Gasteiger charge is 2.67. The Hall–Kier alpha value is -0.380. The SMILES string of the molecule is Cc1sccc1C(NN)C1C(C)(C)C1(C)C. The van der Waals surface area contributed by atoms with E-state index in [1.165, 1.54) is 10.4 Å². The highest BCUT2D eigenvalue weighted by Crippen LogP contribution is 2.72. The van der Waals surface area contributed by atoms with Gasteiger partial charge in [0.1, 0.15) is 0 Å². The largest absolute Gasteiger partial charge is 0.271 e. The number of thiophene rings is 1. The van der Waals surface area contributed by atoms with Gasteiger partial charge in [-0.3, -0.25) is 11.3 Å². The normalized spacial score (nSPS) is 24.4. The Morgan fingerprint density at radius 3 is 2.19 bits per heavy atom. The first-order valence-corrected chi connectivity index (χ1v) is 6.72. The molecule has 1 aromatic rings. The van der Waals surface area contributed by atoms with Crippen molar-refractivity contribution in [3.63, 3.8) is 0 Å². The van der Waals surface area contributed by atoms with E-state index in [0.29, 0.717) is 16.7 Å². The Morgan fingerprint density at radius 2 is 1.88 bits per heavy atom. The van der Waals surface area contributed by atoms with Gasteiger partial charge in [0.05, 0.1) is 6.04 Å². The van der Waals surface area contributed by atoms with Gasteiger partial charge in [-0.2, -0.15) is 0 Å². The summed E-state index contributed by atoms with van der Waals surface area (Å²) in [4.78, 5) is 1.38. The van der Waals surface area contributed by atoms with Crippen LogP contribution in [0.1, 0.15) is 44.2 Å². The molecule has 3 heteroatoms. The third kappa shape index (κ3) is 1.45. The molecule has 2 nitrogen and oxygen atoms in total. The number of rotatable bonds is 3. The summed E-state index contributed by atoms with van der Waals surface area (Å²) in [5.74, 6) is 6.38. The molecular formula is C13H22N2S. The fourth-order valence-electron chi connectivity index (χ4n) is 3.16. The Labute approximate surface area is 102 Å². The number of hydrogen-bond acceptors (Lipinski definition) is 3. The van der Waals surface area contributed by atoms with Gasteiger partial charge < -0.3 is 0 Å². The van der Waals surface area contributed by atoms with Gasteiger partial charge in [-0.15, -0.1) is 11.3 Å². The van der Waals surface area contributed by atoms with Crippen LogP contribution in [-0.2, 0) is 0 Å². The highest BCUT2D eigenvalue weighted by molar-refractivity contribution is 7.10. The Morgan fingerprint density at radius 1 is 1.31 bits per heavy atom. The van der Waals surface area contributed by atoms with Crippen LogP contribution in [0, 0.1) is 23.7 Å². The summed E-state index contributed by atoms with van der Waals surface area (Å²) in [6.45, 7) is 11.5. The maximum Gasteiger partial charge on any atom is 0.0509 e. The van der Waals surface area contributed by atoms with E-state index in [-0.39, 0.29) is 6.04 Å². The van der Waals surface area contributed by atoms with Gasteiger partial charge in [-0.25, -0.2) is 0 Å². The molecule has 3 N–H and O–H groups in total. The first-order valence-electron chi connectivity index (χ1n) is 5.84. The van der Waals surface area contributed by atoms with Crippen molar-refractivity contribution in [2.75, 3.05) is 0 Å². The van der Waals surface area contributed by atoms with Gasteiger partial charge in [0.2, 0.25) is 0 Å². The van der Waals surface area contributed by atoms with Gasteiger partial charge in [0, 0.05) is 4.88 Å². The first-order chi connectivity index (χ1) is 7.34. The van der Waals surface area contributed by atoms with Crippen molar-refractivity contribution < 1.29 is 0 Å². The lowest BCUT2D eigenvalue weighted by atomic mass is 9.98. The quantitative estimate of drug-likeness (QED) is 0.626. The van der Waals surface area contributed by atoms with E-state index in [4.69, 9.17) is 5.84 Å². The minimum absolute atomic E-state index is 0.288. The zero-order valence-electron chi connectivity index (χ0n) is 10.8. The molecule has 1 fully saturated rings. The molecule has 1 heterocycles. The van der Waals surface area contributed by atoms with Crippen LogP contribution in [0.15, 0.2) is 11.4 Å². The Kier molecular flexibility index (Phi) is 2.69. The van der Waals surface area contributed by atoms with Crippen LogP contribution in [0.2, 0.25) is 0 Å². The second-order valence-corrected chi connectivity index (χ2v) is 7.12. The van der Waals surface area contributed by atoms with E-state index >= 15 is 0 Å². The van der Waals surface area contributed by atoms with Crippen molar-refractivity contribution in [1.29, 1.82) is 0 Å². The molecule has 1 aromatic heterocycles. The Balaban J connectivity index is 2.31. The summed E-state index contributed by atoms with van der Waals surface area (Å²) in [5.41, 5.74) is 5.12. The molecule has 1 atom stereocenters. The lowest BCUT2D eigenvalue weighted by molar-refractivity contribution is 0.417. The maximum atomic E-state index is 5.77. The Bertz CT molecular complexity index is 378. The number of hydrazine groups is 1. The van der Waals surface area contributed by atoms with Crippen LogP contribution in [0.5, 0.6) is 0 Å². The predicted octanol–water partition coefficient (Wildman–Crippen LogP) is 3.24. The number of aryl methyl sites for hydroxylation is 1. The predicted molar refractivity (Wildman–Crippen MR) is 70.2 cm³/mol. The van der Waals surface area contributed by atoms with Crippen molar-refractivity contribution in [3.05, 3.63) is 21.9 Å². The monoisotopic (exact) mass is 238 g/mol.